The molecule has 1 unspecified atom stereocenters. The average molecular weight is 219 g/mol. The average Bonchev–Trinajstić information content (AvgIpc) is 2.16. The molecule has 0 heterocycles. The van der Waals surface area contributed by atoms with E-state index >= 15 is 0 Å². The normalized spacial score (nSPS) is 13.9. The molecule has 1 aromatic carbocycles. The fourth-order valence-corrected chi connectivity index (χ4v) is 1.67. The second-order valence-electron chi connectivity index (χ2n) is 5.97. The zero-order chi connectivity index (χ0) is 12.3. The highest BCUT2D eigenvalue weighted by Crippen LogP contribution is 2.30. The molecule has 0 saturated carbocycles. The van der Waals surface area contributed by atoms with Crippen LogP contribution < -0.4 is 5.32 Å². The lowest BCUT2D eigenvalue weighted by Crippen LogP contribution is -2.24. The Morgan fingerprint density at radius 3 is 2.06 bits per heavy atom. The topological polar surface area (TPSA) is 12.0 Å². The summed E-state index contributed by atoms with van der Waals surface area (Å²) in [7, 11) is 0. The number of anilines is 1. The number of para-hydroxylation sites is 1. The highest BCUT2D eigenvalue weighted by molar-refractivity contribution is 5.54. The predicted molar refractivity (Wildman–Crippen MR) is 73.1 cm³/mol. The van der Waals surface area contributed by atoms with E-state index in [2.05, 4.69) is 71.1 Å². The molecule has 1 aromatic rings. The van der Waals surface area contributed by atoms with Gasteiger partial charge in [-0.05, 0) is 29.9 Å². The molecule has 16 heavy (non-hydrogen) atoms. The first-order valence-electron chi connectivity index (χ1n) is 6.18. The Kier molecular flexibility index (Phi) is 4.01. The Hall–Kier alpha value is -0.980. The van der Waals surface area contributed by atoms with Crippen LogP contribution in [0.25, 0.3) is 0 Å². The molecule has 1 N–H and O–H groups in total. The van der Waals surface area contributed by atoms with Crippen LogP contribution in [0.3, 0.4) is 0 Å². The Bertz CT molecular complexity index is 334. The Labute approximate surface area is 100 Å². The largest absolute Gasteiger partial charge is 0.382 e. The van der Waals surface area contributed by atoms with Crippen molar-refractivity contribution in [3.8, 4) is 0 Å². The van der Waals surface area contributed by atoms with E-state index in [1.165, 1.54) is 11.3 Å². The van der Waals surface area contributed by atoms with Crippen molar-refractivity contribution in [1.82, 2.24) is 0 Å². The first-order valence-corrected chi connectivity index (χ1v) is 6.18. The molecule has 0 aliphatic carbocycles. The molecule has 1 nitrogen and oxygen atoms in total. The molecule has 1 atom stereocenters. The van der Waals surface area contributed by atoms with E-state index in [1.807, 2.05) is 0 Å². The van der Waals surface area contributed by atoms with Crippen LogP contribution in [-0.2, 0) is 5.41 Å². The van der Waals surface area contributed by atoms with Gasteiger partial charge in [-0.15, -0.1) is 0 Å². The van der Waals surface area contributed by atoms with Crippen molar-refractivity contribution < 1.29 is 0 Å². The van der Waals surface area contributed by atoms with Crippen LogP contribution in [0.1, 0.15) is 47.1 Å². The van der Waals surface area contributed by atoms with Gasteiger partial charge in [-0.2, -0.15) is 0 Å². The van der Waals surface area contributed by atoms with Gasteiger partial charge in [-0.1, -0.05) is 52.8 Å². The Balaban J connectivity index is 2.96. The van der Waals surface area contributed by atoms with Crippen LogP contribution in [0.4, 0.5) is 5.69 Å². The highest BCUT2D eigenvalue weighted by atomic mass is 14.9. The van der Waals surface area contributed by atoms with Crippen LogP contribution in [0.2, 0.25) is 0 Å². The van der Waals surface area contributed by atoms with Crippen LogP contribution in [0.15, 0.2) is 24.3 Å². The van der Waals surface area contributed by atoms with Gasteiger partial charge < -0.3 is 5.32 Å². The van der Waals surface area contributed by atoms with Gasteiger partial charge in [0.25, 0.3) is 0 Å². The number of rotatable bonds is 3. The molecule has 0 aliphatic rings. The van der Waals surface area contributed by atoms with E-state index in [-0.39, 0.29) is 5.41 Å². The van der Waals surface area contributed by atoms with Crippen molar-refractivity contribution in [3.05, 3.63) is 29.8 Å². The molecule has 1 heteroatoms. The van der Waals surface area contributed by atoms with Crippen molar-refractivity contribution in [2.45, 2.75) is 53.0 Å². The van der Waals surface area contributed by atoms with Gasteiger partial charge in [0.15, 0.2) is 0 Å². The summed E-state index contributed by atoms with van der Waals surface area (Å²) in [6.07, 6.45) is 0. The van der Waals surface area contributed by atoms with Gasteiger partial charge in [0, 0.05) is 11.7 Å². The summed E-state index contributed by atoms with van der Waals surface area (Å²) in [5, 5.41) is 3.62. The molecule has 0 bridgehead atoms. The van der Waals surface area contributed by atoms with Gasteiger partial charge in [-0.3, -0.25) is 0 Å². The second-order valence-corrected chi connectivity index (χ2v) is 5.97. The van der Waals surface area contributed by atoms with Gasteiger partial charge in [-0.25, -0.2) is 0 Å². The van der Waals surface area contributed by atoms with Gasteiger partial charge in [0.05, 0.1) is 0 Å². The Morgan fingerprint density at radius 1 is 1.00 bits per heavy atom. The molecule has 0 fully saturated rings. The van der Waals surface area contributed by atoms with Crippen molar-refractivity contribution in [2.24, 2.45) is 5.92 Å². The number of benzene rings is 1. The van der Waals surface area contributed by atoms with E-state index in [0.29, 0.717) is 12.0 Å². The molecule has 90 valence electrons. The van der Waals surface area contributed by atoms with E-state index in [1.54, 1.807) is 0 Å². The minimum atomic E-state index is 0.195. The molecule has 1 rings (SSSR count). The lowest BCUT2D eigenvalue weighted by Gasteiger charge is -2.27. The van der Waals surface area contributed by atoms with Crippen LogP contribution >= 0.6 is 0 Å². The number of hydrogen-bond acceptors (Lipinski definition) is 1. The maximum atomic E-state index is 3.62. The fourth-order valence-electron chi connectivity index (χ4n) is 1.67. The molecular formula is C15H25N. The third-order valence-electron chi connectivity index (χ3n) is 3.12. The van der Waals surface area contributed by atoms with Gasteiger partial charge in [0.2, 0.25) is 0 Å². The first-order chi connectivity index (χ1) is 7.32. The fraction of sp³-hybridized carbons (Fsp3) is 0.600. The summed E-state index contributed by atoms with van der Waals surface area (Å²) < 4.78 is 0. The maximum Gasteiger partial charge on any atom is 0.0380 e. The highest BCUT2D eigenvalue weighted by Gasteiger charge is 2.18. The van der Waals surface area contributed by atoms with Crippen molar-refractivity contribution >= 4 is 5.69 Å². The summed E-state index contributed by atoms with van der Waals surface area (Å²) >= 11 is 0. The second kappa shape index (κ2) is 4.90. The predicted octanol–water partition coefficient (Wildman–Crippen LogP) is 4.44. The SMILES string of the molecule is CC(C)C(C)Nc1ccccc1C(C)(C)C. The quantitative estimate of drug-likeness (QED) is 0.792. The van der Waals surface area contributed by atoms with E-state index < -0.39 is 0 Å². The van der Waals surface area contributed by atoms with E-state index in [9.17, 15) is 0 Å². The van der Waals surface area contributed by atoms with Crippen LogP contribution in [-0.4, -0.2) is 6.04 Å². The first kappa shape index (κ1) is 13.1. The van der Waals surface area contributed by atoms with Gasteiger partial charge >= 0.3 is 0 Å². The monoisotopic (exact) mass is 219 g/mol. The summed E-state index contributed by atoms with van der Waals surface area (Å²) in [6.45, 7) is 13.5. The molecule has 0 saturated heterocycles. The smallest absolute Gasteiger partial charge is 0.0380 e. The Morgan fingerprint density at radius 2 is 1.56 bits per heavy atom. The molecular weight excluding hydrogens is 194 g/mol. The van der Waals surface area contributed by atoms with Crippen LogP contribution in [0.5, 0.6) is 0 Å². The van der Waals surface area contributed by atoms with E-state index in [0.717, 1.165) is 0 Å². The lowest BCUT2D eigenvalue weighted by atomic mass is 9.85. The summed E-state index contributed by atoms with van der Waals surface area (Å²) in [6, 6.07) is 9.12. The number of nitrogens with one attached hydrogen (secondary N) is 1. The molecule has 0 radical (unpaired) electrons. The lowest BCUT2D eigenvalue weighted by molar-refractivity contribution is 0.552. The molecule has 0 aliphatic heterocycles. The number of hydrogen-bond donors (Lipinski definition) is 1. The third kappa shape index (κ3) is 3.26. The minimum absolute atomic E-state index is 0.195. The van der Waals surface area contributed by atoms with E-state index in [4.69, 9.17) is 0 Å². The third-order valence-corrected chi connectivity index (χ3v) is 3.12. The van der Waals surface area contributed by atoms with Crippen LogP contribution in [0, 0.1) is 5.92 Å². The molecule has 0 spiro atoms. The van der Waals surface area contributed by atoms with Crippen molar-refractivity contribution in [1.29, 1.82) is 0 Å². The van der Waals surface area contributed by atoms with Crippen molar-refractivity contribution in [3.63, 3.8) is 0 Å². The zero-order valence-corrected chi connectivity index (χ0v) is 11.5. The van der Waals surface area contributed by atoms with Gasteiger partial charge in [0.1, 0.15) is 0 Å². The van der Waals surface area contributed by atoms with Crippen molar-refractivity contribution in [2.75, 3.05) is 5.32 Å². The maximum absolute atomic E-state index is 3.62. The summed E-state index contributed by atoms with van der Waals surface area (Å²) in [5.74, 6) is 0.646. The zero-order valence-electron chi connectivity index (χ0n) is 11.5. The summed E-state index contributed by atoms with van der Waals surface area (Å²) in [4.78, 5) is 0. The standard InChI is InChI=1S/C15H25N/c1-11(2)12(3)16-14-10-8-7-9-13(14)15(4,5)6/h7-12,16H,1-6H3. The minimum Gasteiger partial charge on any atom is -0.382 e. The molecule has 0 amide bonds. The molecule has 0 aromatic heterocycles. The summed E-state index contributed by atoms with van der Waals surface area (Å²) in [5.41, 5.74) is 2.86.